The maximum atomic E-state index is 12.0. The zero-order chi connectivity index (χ0) is 18.2. The molecule has 0 heterocycles. The minimum Gasteiger partial charge on any atom is -0.493 e. The van der Waals surface area contributed by atoms with Crippen molar-refractivity contribution in [3.05, 3.63) is 69.9 Å². The quantitative estimate of drug-likeness (QED) is 0.616. The summed E-state index contributed by atoms with van der Waals surface area (Å²) in [6.45, 7) is 1.71. The van der Waals surface area contributed by atoms with E-state index in [9.17, 15) is 14.9 Å². The van der Waals surface area contributed by atoms with Crippen LogP contribution >= 0.6 is 0 Å². The van der Waals surface area contributed by atoms with Gasteiger partial charge in [0.2, 0.25) is 6.20 Å². The van der Waals surface area contributed by atoms with Crippen LogP contribution in [0.15, 0.2) is 48.7 Å². The number of anilines is 1. The summed E-state index contributed by atoms with van der Waals surface area (Å²) in [6.07, 6.45) is 2.18. The summed E-state index contributed by atoms with van der Waals surface area (Å²) in [5.41, 5.74) is 2.27. The van der Waals surface area contributed by atoms with Gasteiger partial charge in [-0.05, 0) is 36.2 Å². The number of para-hydroxylation sites is 1. The molecule has 0 aliphatic heterocycles. The van der Waals surface area contributed by atoms with Crippen LogP contribution in [-0.4, -0.2) is 24.5 Å². The van der Waals surface area contributed by atoms with Crippen LogP contribution in [0.2, 0.25) is 0 Å². The highest BCUT2D eigenvalue weighted by Crippen LogP contribution is 2.28. The summed E-state index contributed by atoms with van der Waals surface area (Å²) in [7, 11) is 1.45. The van der Waals surface area contributed by atoms with Crippen molar-refractivity contribution >= 4 is 17.7 Å². The third-order valence-corrected chi connectivity index (χ3v) is 3.35. The third kappa shape index (κ3) is 5.35. The second-order valence-corrected chi connectivity index (χ2v) is 5.16. The van der Waals surface area contributed by atoms with Crippen molar-refractivity contribution in [2.24, 2.45) is 0 Å². The molecule has 0 atom stereocenters. The van der Waals surface area contributed by atoms with Gasteiger partial charge in [0.15, 0.2) is 18.1 Å². The number of carbonyl (C=O) groups excluding carboxylic acids is 1. The van der Waals surface area contributed by atoms with Crippen molar-refractivity contribution in [2.45, 2.75) is 6.92 Å². The molecule has 25 heavy (non-hydrogen) atoms. The number of rotatable bonds is 7. The normalized spacial score (nSPS) is 10.5. The molecule has 7 heteroatoms. The first-order valence-electron chi connectivity index (χ1n) is 7.47. The van der Waals surface area contributed by atoms with E-state index in [0.29, 0.717) is 17.1 Å². The van der Waals surface area contributed by atoms with Gasteiger partial charge < -0.3 is 14.8 Å². The van der Waals surface area contributed by atoms with E-state index in [4.69, 9.17) is 9.47 Å². The first kappa shape index (κ1) is 18.0. The molecule has 0 fully saturated rings. The number of carbonyl (C=O) groups is 1. The Kier molecular flexibility index (Phi) is 6.11. The van der Waals surface area contributed by atoms with Crippen LogP contribution in [0, 0.1) is 17.0 Å². The van der Waals surface area contributed by atoms with Gasteiger partial charge in [0.1, 0.15) is 0 Å². The zero-order valence-corrected chi connectivity index (χ0v) is 13.9. The first-order chi connectivity index (χ1) is 12.0. The van der Waals surface area contributed by atoms with Crippen LogP contribution in [-0.2, 0) is 4.79 Å². The van der Waals surface area contributed by atoms with Crippen molar-refractivity contribution < 1.29 is 19.2 Å². The van der Waals surface area contributed by atoms with E-state index in [0.717, 1.165) is 17.5 Å². The lowest BCUT2D eigenvalue weighted by molar-refractivity contribution is -0.400. The number of hydrogen-bond acceptors (Lipinski definition) is 5. The molecule has 0 saturated heterocycles. The third-order valence-electron chi connectivity index (χ3n) is 3.35. The maximum absolute atomic E-state index is 12.0. The van der Waals surface area contributed by atoms with E-state index in [1.54, 1.807) is 18.2 Å². The molecule has 0 saturated carbocycles. The van der Waals surface area contributed by atoms with E-state index >= 15 is 0 Å². The van der Waals surface area contributed by atoms with E-state index in [2.05, 4.69) is 5.32 Å². The second kappa shape index (κ2) is 8.49. The predicted molar refractivity (Wildman–Crippen MR) is 94.3 cm³/mol. The number of amides is 1. The summed E-state index contributed by atoms with van der Waals surface area (Å²) in [6, 6.07) is 12.3. The smallest absolute Gasteiger partial charge is 0.262 e. The van der Waals surface area contributed by atoms with E-state index in [1.165, 1.54) is 13.2 Å². The number of hydrogen-bond donors (Lipinski definition) is 1. The standard InChI is InChI=1S/C18H18N2O5/c1-13-5-3-4-6-15(13)19-18(21)12-25-16-8-7-14(9-10-20(22)23)11-17(16)24-2/h3-11H,12H2,1-2H3,(H,19,21). The second-order valence-electron chi connectivity index (χ2n) is 5.16. The Morgan fingerprint density at radius 3 is 2.68 bits per heavy atom. The van der Waals surface area contributed by atoms with E-state index in [1.807, 2.05) is 31.2 Å². The lowest BCUT2D eigenvalue weighted by Gasteiger charge is -2.12. The molecular formula is C18H18N2O5. The zero-order valence-electron chi connectivity index (χ0n) is 13.9. The summed E-state index contributed by atoms with van der Waals surface area (Å²) < 4.78 is 10.7. The molecule has 0 unspecified atom stereocenters. The summed E-state index contributed by atoms with van der Waals surface area (Å²) >= 11 is 0. The van der Waals surface area contributed by atoms with E-state index in [-0.39, 0.29) is 12.5 Å². The highest BCUT2D eigenvalue weighted by molar-refractivity contribution is 5.92. The van der Waals surface area contributed by atoms with Gasteiger partial charge in [0, 0.05) is 11.8 Å². The van der Waals surface area contributed by atoms with Crippen molar-refractivity contribution in [3.8, 4) is 11.5 Å². The lowest BCUT2D eigenvalue weighted by atomic mass is 10.2. The first-order valence-corrected chi connectivity index (χ1v) is 7.47. The molecule has 2 aromatic carbocycles. The molecule has 2 rings (SSSR count). The van der Waals surface area contributed by atoms with Gasteiger partial charge in [-0.2, -0.15) is 0 Å². The average Bonchev–Trinajstić information content (AvgIpc) is 2.60. The SMILES string of the molecule is COc1cc(C=C[N+](=O)[O-])ccc1OCC(=O)Nc1ccccc1C. The van der Waals surface area contributed by atoms with Gasteiger partial charge in [-0.25, -0.2) is 0 Å². The van der Waals surface area contributed by atoms with Crippen molar-refractivity contribution in [2.75, 3.05) is 19.0 Å². The van der Waals surface area contributed by atoms with Gasteiger partial charge in [-0.1, -0.05) is 24.3 Å². The van der Waals surface area contributed by atoms with Crippen molar-refractivity contribution in [3.63, 3.8) is 0 Å². The Hall–Kier alpha value is -3.35. The Morgan fingerprint density at radius 2 is 2.00 bits per heavy atom. The van der Waals surface area contributed by atoms with Gasteiger partial charge in [-0.15, -0.1) is 0 Å². The highest BCUT2D eigenvalue weighted by atomic mass is 16.6. The molecule has 0 aromatic heterocycles. The molecule has 2 aromatic rings. The number of nitro groups is 1. The van der Waals surface area contributed by atoms with Crippen LogP contribution in [0.25, 0.3) is 6.08 Å². The number of nitrogens with zero attached hydrogens (tertiary/aromatic N) is 1. The number of nitrogens with one attached hydrogen (secondary N) is 1. The van der Waals surface area contributed by atoms with Gasteiger partial charge in [-0.3, -0.25) is 14.9 Å². The monoisotopic (exact) mass is 342 g/mol. The van der Waals surface area contributed by atoms with Crippen LogP contribution in [0.4, 0.5) is 5.69 Å². The molecule has 7 nitrogen and oxygen atoms in total. The molecule has 0 radical (unpaired) electrons. The summed E-state index contributed by atoms with van der Waals surface area (Å²) in [5, 5.41) is 13.1. The minimum atomic E-state index is -0.549. The molecule has 1 amide bonds. The Bertz CT molecular complexity index is 802. The fourth-order valence-electron chi connectivity index (χ4n) is 2.10. The number of methoxy groups -OCH3 is 1. The minimum absolute atomic E-state index is 0.186. The molecule has 0 bridgehead atoms. The van der Waals surface area contributed by atoms with Gasteiger partial charge in [0.05, 0.1) is 12.0 Å². The van der Waals surface area contributed by atoms with Crippen LogP contribution in [0.3, 0.4) is 0 Å². The Balaban J connectivity index is 2.01. The Labute approximate surface area is 145 Å². The number of benzene rings is 2. The highest BCUT2D eigenvalue weighted by Gasteiger charge is 2.09. The average molecular weight is 342 g/mol. The lowest BCUT2D eigenvalue weighted by Crippen LogP contribution is -2.20. The molecule has 0 spiro atoms. The van der Waals surface area contributed by atoms with Crippen LogP contribution in [0.1, 0.15) is 11.1 Å². The number of aryl methyl sites for hydroxylation is 1. The summed E-state index contributed by atoms with van der Waals surface area (Å²) in [4.78, 5) is 21.8. The van der Waals surface area contributed by atoms with Gasteiger partial charge >= 0.3 is 0 Å². The number of ether oxygens (including phenoxy) is 2. The van der Waals surface area contributed by atoms with Crippen molar-refractivity contribution in [1.82, 2.24) is 0 Å². The maximum Gasteiger partial charge on any atom is 0.262 e. The van der Waals surface area contributed by atoms with Crippen LogP contribution < -0.4 is 14.8 Å². The van der Waals surface area contributed by atoms with Crippen LogP contribution in [0.5, 0.6) is 11.5 Å². The summed E-state index contributed by atoms with van der Waals surface area (Å²) in [5.74, 6) is 0.462. The molecule has 1 N–H and O–H groups in total. The molecular weight excluding hydrogens is 324 g/mol. The predicted octanol–water partition coefficient (Wildman–Crippen LogP) is 3.27. The fourth-order valence-corrected chi connectivity index (χ4v) is 2.10. The molecule has 130 valence electrons. The van der Waals surface area contributed by atoms with E-state index < -0.39 is 4.92 Å². The van der Waals surface area contributed by atoms with Gasteiger partial charge in [0.25, 0.3) is 5.91 Å². The largest absolute Gasteiger partial charge is 0.493 e. The fraction of sp³-hybridized carbons (Fsp3) is 0.167. The topological polar surface area (TPSA) is 90.7 Å². The van der Waals surface area contributed by atoms with Crippen molar-refractivity contribution in [1.29, 1.82) is 0 Å². The molecule has 0 aliphatic carbocycles. The Morgan fingerprint density at radius 1 is 1.24 bits per heavy atom. The molecule has 0 aliphatic rings.